The van der Waals surface area contributed by atoms with Gasteiger partial charge in [0.05, 0.1) is 27.3 Å². The van der Waals surface area contributed by atoms with Gasteiger partial charge >= 0.3 is 0 Å². The van der Waals surface area contributed by atoms with Crippen LogP contribution in [0.3, 0.4) is 0 Å². The van der Waals surface area contributed by atoms with Gasteiger partial charge in [0.25, 0.3) is 0 Å². The van der Waals surface area contributed by atoms with Gasteiger partial charge in [0, 0.05) is 5.02 Å². The van der Waals surface area contributed by atoms with Gasteiger partial charge in [-0.05, 0) is 48.1 Å². The third-order valence-corrected chi connectivity index (χ3v) is 4.76. The van der Waals surface area contributed by atoms with Crippen molar-refractivity contribution < 1.29 is 0 Å². The third-order valence-electron chi connectivity index (χ3n) is 3.27. The molecule has 0 aliphatic heterocycles. The van der Waals surface area contributed by atoms with Crippen LogP contribution in [-0.4, -0.2) is 19.9 Å². The zero-order valence-electron chi connectivity index (χ0n) is 13.0. The van der Waals surface area contributed by atoms with E-state index >= 15 is 0 Å². The number of thiocarbonyl (C=S) groups is 1. The van der Waals surface area contributed by atoms with Crippen molar-refractivity contribution in [3.63, 3.8) is 0 Å². The first kappa shape index (κ1) is 19.2. The molecular formula is C16H11Cl4N5S. The quantitative estimate of drug-likeness (QED) is 0.499. The lowest BCUT2D eigenvalue weighted by molar-refractivity contribution is 0.687. The summed E-state index contributed by atoms with van der Waals surface area (Å²) < 4.78 is 1.65. The fraction of sp³-hybridized carbons (Fsp3) is 0.0625. The maximum Gasteiger partial charge on any atom is 0.248 e. The van der Waals surface area contributed by atoms with Crippen LogP contribution >= 0.6 is 58.6 Å². The Kier molecular flexibility index (Phi) is 6.21. The smallest absolute Gasteiger partial charge is 0.248 e. The summed E-state index contributed by atoms with van der Waals surface area (Å²) in [5, 5.41) is 12.5. The van der Waals surface area contributed by atoms with Gasteiger partial charge in [0.2, 0.25) is 5.95 Å². The third kappa shape index (κ3) is 4.99. The fourth-order valence-corrected chi connectivity index (χ4v) is 3.08. The molecule has 0 radical (unpaired) electrons. The van der Waals surface area contributed by atoms with Crippen LogP contribution in [-0.2, 0) is 6.54 Å². The van der Waals surface area contributed by atoms with Crippen LogP contribution in [0.25, 0.3) is 0 Å². The molecule has 0 fully saturated rings. The number of nitrogens with one attached hydrogen (secondary N) is 2. The number of rotatable bonds is 4. The van der Waals surface area contributed by atoms with Crippen LogP contribution < -0.4 is 10.6 Å². The van der Waals surface area contributed by atoms with Gasteiger partial charge in [-0.1, -0.05) is 52.5 Å². The molecular weight excluding hydrogens is 436 g/mol. The molecule has 2 aromatic carbocycles. The molecule has 0 amide bonds. The molecule has 0 spiro atoms. The van der Waals surface area contributed by atoms with Crippen molar-refractivity contribution in [3.8, 4) is 0 Å². The summed E-state index contributed by atoms with van der Waals surface area (Å²) >= 11 is 29.2. The van der Waals surface area contributed by atoms with E-state index < -0.39 is 0 Å². The number of benzene rings is 2. The summed E-state index contributed by atoms with van der Waals surface area (Å²) in [5.41, 5.74) is 1.58. The number of halogens is 4. The second-order valence-electron chi connectivity index (χ2n) is 5.22. The predicted molar refractivity (Wildman–Crippen MR) is 112 cm³/mol. The lowest BCUT2D eigenvalue weighted by Crippen LogP contribution is -2.20. The Labute approximate surface area is 175 Å². The molecule has 0 atom stereocenters. The van der Waals surface area contributed by atoms with Crippen LogP contribution in [0.5, 0.6) is 0 Å². The number of hydrogen-bond donors (Lipinski definition) is 2. The van der Waals surface area contributed by atoms with Gasteiger partial charge in [-0.2, -0.15) is 0 Å². The normalized spacial score (nSPS) is 10.6. The van der Waals surface area contributed by atoms with Crippen LogP contribution in [0.2, 0.25) is 20.1 Å². The highest BCUT2D eigenvalue weighted by molar-refractivity contribution is 7.80. The van der Waals surface area contributed by atoms with E-state index in [0.29, 0.717) is 43.4 Å². The van der Waals surface area contributed by atoms with E-state index in [1.807, 2.05) is 6.07 Å². The minimum Gasteiger partial charge on any atom is -0.331 e. The zero-order chi connectivity index (χ0) is 18.7. The molecule has 0 bridgehead atoms. The SMILES string of the molecule is S=C(Nc1ncn(Cc2ccc(Cl)c(Cl)c2)n1)Nc1ccc(Cl)cc1Cl. The molecule has 0 saturated carbocycles. The van der Waals surface area contributed by atoms with E-state index in [2.05, 4.69) is 20.7 Å². The standard InChI is InChI=1S/C16H11Cl4N5S/c17-10-2-4-14(13(20)6-10)22-16(26)23-15-21-8-25(24-15)7-9-1-3-11(18)12(19)5-9/h1-6,8H,7H2,(H2,22,23,24,26). The summed E-state index contributed by atoms with van der Waals surface area (Å²) in [6, 6.07) is 10.5. The molecule has 134 valence electrons. The van der Waals surface area contributed by atoms with Crippen molar-refractivity contribution in [2.45, 2.75) is 6.54 Å². The summed E-state index contributed by atoms with van der Waals surface area (Å²) in [6.07, 6.45) is 1.59. The van der Waals surface area contributed by atoms with Gasteiger partial charge in [0.1, 0.15) is 6.33 Å². The number of hydrogen-bond acceptors (Lipinski definition) is 3. The Balaban J connectivity index is 1.62. The molecule has 0 unspecified atom stereocenters. The zero-order valence-corrected chi connectivity index (χ0v) is 16.9. The van der Waals surface area contributed by atoms with Gasteiger partial charge in [-0.3, -0.25) is 5.32 Å². The Morgan fingerprint density at radius 3 is 2.50 bits per heavy atom. The molecule has 0 aliphatic rings. The molecule has 1 aromatic heterocycles. The predicted octanol–water partition coefficient (Wildman–Crippen LogP) is 5.75. The lowest BCUT2D eigenvalue weighted by Gasteiger charge is -2.09. The van der Waals surface area contributed by atoms with Gasteiger partial charge in [-0.25, -0.2) is 9.67 Å². The van der Waals surface area contributed by atoms with E-state index in [9.17, 15) is 0 Å². The van der Waals surface area contributed by atoms with Gasteiger partial charge in [0.15, 0.2) is 5.11 Å². The monoisotopic (exact) mass is 445 g/mol. The molecule has 3 aromatic rings. The average molecular weight is 447 g/mol. The number of anilines is 2. The molecule has 2 N–H and O–H groups in total. The van der Waals surface area contributed by atoms with E-state index in [0.717, 1.165) is 5.56 Å². The molecule has 0 saturated heterocycles. The average Bonchev–Trinajstić information content (AvgIpc) is 3.00. The minimum atomic E-state index is 0.307. The van der Waals surface area contributed by atoms with Crippen molar-refractivity contribution in [1.29, 1.82) is 0 Å². The highest BCUT2D eigenvalue weighted by Gasteiger charge is 2.07. The first-order valence-electron chi connectivity index (χ1n) is 7.27. The maximum atomic E-state index is 6.10. The Bertz CT molecular complexity index is 960. The molecule has 1 heterocycles. The number of aromatic nitrogens is 3. The first-order chi connectivity index (χ1) is 12.4. The highest BCUT2D eigenvalue weighted by atomic mass is 35.5. The molecule has 5 nitrogen and oxygen atoms in total. The van der Waals surface area contributed by atoms with Crippen molar-refractivity contribution in [3.05, 3.63) is 68.4 Å². The molecule has 0 aliphatic carbocycles. The van der Waals surface area contributed by atoms with Crippen molar-refractivity contribution in [2.75, 3.05) is 10.6 Å². The van der Waals surface area contributed by atoms with E-state index in [-0.39, 0.29) is 0 Å². The van der Waals surface area contributed by atoms with E-state index in [1.54, 1.807) is 41.3 Å². The van der Waals surface area contributed by atoms with Crippen LogP contribution in [0.4, 0.5) is 11.6 Å². The summed E-state index contributed by atoms with van der Waals surface area (Å²) in [4.78, 5) is 4.17. The largest absolute Gasteiger partial charge is 0.331 e. The Morgan fingerprint density at radius 2 is 1.77 bits per heavy atom. The summed E-state index contributed by atoms with van der Waals surface area (Å²) in [5.74, 6) is 0.354. The van der Waals surface area contributed by atoms with Crippen LogP contribution in [0.15, 0.2) is 42.7 Å². The number of nitrogens with zero attached hydrogens (tertiary/aromatic N) is 3. The highest BCUT2D eigenvalue weighted by Crippen LogP contribution is 2.25. The van der Waals surface area contributed by atoms with E-state index in [1.165, 1.54) is 0 Å². The lowest BCUT2D eigenvalue weighted by atomic mass is 10.2. The Morgan fingerprint density at radius 1 is 0.962 bits per heavy atom. The first-order valence-corrected chi connectivity index (χ1v) is 9.19. The van der Waals surface area contributed by atoms with Crippen molar-refractivity contribution in [1.82, 2.24) is 14.8 Å². The molecule has 10 heteroatoms. The summed E-state index contributed by atoms with van der Waals surface area (Å²) in [7, 11) is 0. The van der Waals surface area contributed by atoms with Crippen molar-refractivity contribution in [2.24, 2.45) is 0 Å². The second-order valence-corrected chi connectivity index (χ2v) is 7.28. The van der Waals surface area contributed by atoms with Gasteiger partial charge < -0.3 is 5.32 Å². The second kappa shape index (κ2) is 8.41. The maximum absolute atomic E-state index is 6.10. The van der Waals surface area contributed by atoms with Crippen LogP contribution in [0.1, 0.15) is 5.56 Å². The molecule has 26 heavy (non-hydrogen) atoms. The molecule has 3 rings (SSSR count). The van der Waals surface area contributed by atoms with Gasteiger partial charge in [-0.15, -0.1) is 5.10 Å². The summed E-state index contributed by atoms with van der Waals surface area (Å²) in [6.45, 7) is 0.495. The van der Waals surface area contributed by atoms with Crippen LogP contribution in [0, 0.1) is 0 Å². The van der Waals surface area contributed by atoms with E-state index in [4.69, 9.17) is 58.6 Å². The Hall–Kier alpha value is -1.57. The fourth-order valence-electron chi connectivity index (χ4n) is 2.10. The topological polar surface area (TPSA) is 54.8 Å². The minimum absolute atomic E-state index is 0.307. The van der Waals surface area contributed by atoms with Crippen molar-refractivity contribution >= 4 is 75.4 Å².